The maximum absolute atomic E-state index is 11.1. The second-order valence-corrected chi connectivity index (χ2v) is 5.91. The summed E-state index contributed by atoms with van der Waals surface area (Å²) < 4.78 is 0. The third kappa shape index (κ3) is 3.98. The molecule has 0 heterocycles. The lowest BCUT2D eigenvalue weighted by Crippen LogP contribution is -2.32. The van der Waals surface area contributed by atoms with Gasteiger partial charge in [0.25, 0.3) is 0 Å². The summed E-state index contributed by atoms with van der Waals surface area (Å²) in [6.45, 7) is 6.19. The smallest absolute Gasteiger partial charge is 0.221 e. The monoisotopic (exact) mass is 260 g/mol. The summed E-state index contributed by atoms with van der Waals surface area (Å²) in [5.41, 5.74) is 1.95. The molecule has 2 rings (SSSR count). The Morgan fingerprint density at radius 3 is 2.63 bits per heavy atom. The van der Waals surface area contributed by atoms with E-state index in [-0.39, 0.29) is 5.91 Å². The molecule has 0 radical (unpaired) electrons. The maximum atomic E-state index is 11.1. The van der Waals surface area contributed by atoms with Gasteiger partial charge in [0.1, 0.15) is 0 Å². The Morgan fingerprint density at radius 2 is 1.95 bits per heavy atom. The Labute approximate surface area is 115 Å². The number of hydrogen-bond acceptors (Lipinski definition) is 2. The minimum absolute atomic E-state index is 0.0305. The Bertz CT molecular complexity index is 444. The summed E-state index contributed by atoms with van der Waals surface area (Å²) in [5, 5.41) is 6.44. The van der Waals surface area contributed by atoms with E-state index >= 15 is 0 Å². The van der Waals surface area contributed by atoms with Crippen LogP contribution in [0.5, 0.6) is 0 Å². The van der Waals surface area contributed by atoms with Gasteiger partial charge in [-0.25, -0.2) is 0 Å². The number of carbonyl (C=O) groups excluding carboxylic acids is 1. The van der Waals surface area contributed by atoms with Crippen molar-refractivity contribution in [3.05, 3.63) is 24.3 Å². The molecule has 1 aliphatic carbocycles. The highest BCUT2D eigenvalue weighted by Crippen LogP contribution is 2.31. The molecule has 1 aliphatic rings. The summed E-state index contributed by atoms with van der Waals surface area (Å²) in [5.74, 6) is 1.52. The van der Waals surface area contributed by atoms with E-state index in [1.165, 1.54) is 26.2 Å². The van der Waals surface area contributed by atoms with E-state index < -0.39 is 0 Å². The lowest BCUT2D eigenvalue weighted by molar-refractivity contribution is -0.114. The number of benzene rings is 1. The average molecular weight is 260 g/mol. The van der Waals surface area contributed by atoms with E-state index in [1.807, 2.05) is 18.2 Å². The summed E-state index contributed by atoms with van der Waals surface area (Å²) >= 11 is 0. The molecule has 1 aromatic carbocycles. The highest BCUT2D eigenvalue weighted by atomic mass is 16.1. The van der Waals surface area contributed by atoms with Gasteiger partial charge in [0.15, 0.2) is 0 Å². The third-order valence-corrected chi connectivity index (χ3v) is 3.97. The van der Waals surface area contributed by atoms with E-state index in [0.29, 0.717) is 12.0 Å². The van der Waals surface area contributed by atoms with Crippen LogP contribution in [-0.2, 0) is 4.79 Å². The van der Waals surface area contributed by atoms with Gasteiger partial charge in [-0.2, -0.15) is 0 Å². The molecule has 3 nitrogen and oxygen atoms in total. The minimum atomic E-state index is -0.0305. The van der Waals surface area contributed by atoms with Crippen molar-refractivity contribution in [2.24, 2.45) is 11.8 Å². The number of nitrogens with one attached hydrogen (secondary N) is 2. The molecule has 0 spiro atoms. The molecule has 3 heteroatoms. The molecule has 1 fully saturated rings. The summed E-state index contributed by atoms with van der Waals surface area (Å²) in [6.07, 6.45) is 3.82. The SMILES string of the molecule is CC(=O)Nc1cccc(NC2CCC(C)CC2C)c1. The van der Waals surface area contributed by atoms with Gasteiger partial charge in [0.05, 0.1) is 0 Å². The first-order chi connectivity index (χ1) is 9.04. The fraction of sp³-hybridized carbons (Fsp3) is 0.562. The van der Waals surface area contributed by atoms with Gasteiger partial charge < -0.3 is 10.6 Å². The normalized spacial score (nSPS) is 26.8. The van der Waals surface area contributed by atoms with Crippen LogP contribution in [0.25, 0.3) is 0 Å². The molecular formula is C16H24N2O. The van der Waals surface area contributed by atoms with Gasteiger partial charge in [-0.05, 0) is 49.3 Å². The van der Waals surface area contributed by atoms with Crippen LogP contribution in [0.2, 0.25) is 0 Å². The Balaban J connectivity index is 2.00. The fourth-order valence-corrected chi connectivity index (χ4v) is 2.98. The fourth-order valence-electron chi connectivity index (χ4n) is 2.98. The Morgan fingerprint density at radius 1 is 1.21 bits per heavy atom. The predicted molar refractivity (Wildman–Crippen MR) is 80.3 cm³/mol. The van der Waals surface area contributed by atoms with Crippen molar-refractivity contribution in [3.63, 3.8) is 0 Å². The lowest BCUT2D eigenvalue weighted by atomic mass is 9.80. The summed E-state index contributed by atoms with van der Waals surface area (Å²) in [7, 11) is 0. The molecule has 0 aromatic heterocycles. The molecule has 2 N–H and O–H groups in total. The first-order valence-corrected chi connectivity index (χ1v) is 7.19. The second kappa shape index (κ2) is 6.09. The number of hydrogen-bond donors (Lipinski definition) is 2. The molecule has 1 aromatic rings. The lowest BCUT2D eigenvalue weighted by Gasteiger charge is -2.33. The van der Waals surface area contributed by atoms with Crippen LogP contribution >= 0.6 is 0 Å². The molecule has 0 bridgehead atoms. The molecule has 0 aliphatic heterocycles. The van der Waals surface area contributed by atoms with Crippen LogP contribution < -0.4 is 10.6 Å². The quantitative estimate of drug-likeness (QED) is 0.866. The topological polar surface area (TPSA) is 41.1 Å². The van der Waals surface area contributed by atoms with Crippen molar-refractivity contribution in [2.45, 2.75) is 46.1 Å². The first kappa shape index (κ1) is 13.9. The van der Waals surface area contributed by atoms with E-state index in [4.69, 9.17) is 0 Å². The first-order valence-electron chi connectivity index (χ1n) is 7.19. The molecule has 1 amide bonds. The molecule has 3 atom stereocenters. The number of anilines is 2. The average Bonchev–Trinajstić information content (AvgIpc) is 2.32. The van der Waals surface area contributed by atoms with E-state index in [9.17, 15) is 4.79 Å². The van der Waals surface area contributed by atoms with Crippen LogP contribution in [0.3, 0.4) is 0 Å². The zero-order valence-electron chi connectivity index (χ0n) is 12.1. The van der Waals surface area contributed by atoms with E-state index in [0.717, 1.165) is 17.3 Å². The van der Waals surface area contributed by atoms with Crippen LogP contribution in [0, 0.1) is 11.8 Å². The molecule has 0 saturated heterocycles. The highest BCUT2D eigenvalue weighted by Gasteiger charge is 2.24. The summed E-state index contributed by atoms with van der Waals surface area (Å²) in [6, 6.07) is 8.51. The maximum Gasteiger partial charge on any atom is 0.221 e. The third-order valence-electron chi connectivity index (χ3n) is 3.97. The molecule has 1 saturated carbocycles. The standard InChI is InChI=1S/C16H24N2O/c1-11-7-8-16(12(2)9-11)18-15-6-4-5-14(10-15)17-13(3)19/h4-6,10-12,16,18H,7-9H2,1-3H3,(H,17,19). The molecule has 3 unspecified atom stereocenters. The van der Waals surface area contributed by atoms with Crippen molar-refractivity contribution >= 4 is 17.3 Å². The zero-order chi connectivity index (χ0) is 13.8. The zero-order valence-corrected chi connectivity index (χ0v) is 12.1. The Hall–Kier alpha value is -1.51. The van der Waals surface area contributed by atoms with Crippen molar-refractivity contribution in [1.82, 2.24) is 0 Å². The van der Waals surface area contributed by atoms with Crippen LogP contribution in [0.4, 0.5) is 11.4 Å². The number of amides is 1. The van der Waals surface area contributed by atoms with Gasteiger partial charge in [-0.1, -0.05) is 19.9 Å². The second-order valence-electron chi connectivity index (χ2n) is 5.91. The van der Waals surface area contributed by atoms with E-state index in [2.05, 4.69) is 30.5 Å². The van der Waals surface area contributed by atoms with Crippen molar-refractivity contribution in [2.75, 3.05) is 10.6 Å². The van der Waals surface area contributed by atoms with Crippen molar-refractivity contribution in [3.8, 4) is 0 Å². The van der Waals surface area contributed by atoms with Gasteiger partial charge in [0, 0.05) is 24.3 Å². The minimum Gasteiger partial charge on any atom is -0.382 e. The summed E-state index contributed by atoms with van der Waals surface area (Å²) in [4.78, 5) is 11.1. The van der Waals surface area contributed by atoms with Gasteiger partial charge in [-0.15, -0.1) is 0 Å². The largest absolute Gasteiger partial charge is 0.382 e. The molecular weight excluding hydrogens is 236 g/mol. The van der Waals surface area contributed by atoms with Crippen LogP contribution in [0.15, 0.2) is 24.3 Å². The Kier molecular flexibility index (Phi) is 4.46. The van der Waals surface area contributed by atoms with Crippen molar-refractivity contribution in [1.29, 1.82) is 0 Å². The van der Waals surface area contributed by atoms with Crippen LogP contribution in [-0.4, -0.2) is 11.9 Å². The van der Waals surface area contributed by atoms with Gasteiger partial charge in [-0.3, -0.25) is 4.79 Å². The number of carbonyl (C=O) groups is 1. The molecule has 104 valence electrons. The highest BCUT2D eigenvalue weighted by molar-refractivity contribution is 5.89. The van der Waals surface area contributed by atoms with E-state index in [1.54, 1.807) is 0 Å². The van der Waals surface area contributed by atoms with Gasteiger partial charge in [0.2, 0.25) is 5.91 Å². The predicted octanol–water partition coefficient (Wildman–Crippen LogP) is 3.88. The van der Waals surface area contributed by atoms with Crippen molar-refractivity contribution < 1.29 is 4.79 Å². The van der Waals surface area contributed by atoms with Gasteiger partial charge >= 0.3 is 0 Å². The number of rotatable bonds is 3. The van der Waals surface area contributed by atoms with Crippen LogP contribution in [0.1, 0.15) is 40.0 Å². The molecule has 19 heavy (non-hydrogen) atoms.